The highest BCUT2D eigenvalue weighted by molar-refractivity contribution is 9.11. The topological polar surface area (TPSA) is 402 Å². The average Bonchev–Trinajstić information content (AvgIpc) is 1.59. The van der Waals surface area contributed by atoms with Gasteiger partial charge in [-0.25, -0.2) is 44.9 Å². The summed E-state index contributed by atoms with van der Waals surface area (Å²) in [6, 6.07) is 30.0. The van der Waals surface area contributed by atoms with Crippen LogP contribution >= 0.6 is 47.8 Å². The number of nitrogens with two attached hydrogens (primary N) is 3. The molecule has 30 heteroatoms. The number of halogens is 3. The number of hydrogen-bond donors (Lipinski definition) is 15. The molecular weight excluding hydrogens is 1540 g/mol. The van der Waals surface area contributed by atoms with Gasteiger partial charge in [-0.3, -0.25) is 0 Å². The van der Waals surface area contributed by atoms with Crippen molar-refractivity contribution in [2.45, 2.75) is 145 Å². The number of benzene rings is 3. The minimum Gasteiger partial charge on any atom is -0.390 e. The van der Waals surface area contributed by atoms with Gasteiger partial charge < -0.3 is 93.4 Å². The van der Waals surface area contributed by atoms with Crippen LogP contribution in [0.5, 0.6) is 0 Å². The summed E-state index contributed by atoms with van der Waals surface area (Å²) >= 11 is 10.3. The summed E-state index contributed by atoms with van der Waals surface area (Å²) < 4.78 is 8.34. The van der Waals surface area contributed by atoms with Gasteiger partial charge >= 0.3 is 0 Å². The maximum Gasteiger partial charge on any atom is 0.145 e. The number of nitrogen functional groups attached to an aromatic ring is 3. The van der Waals surface area contributed by atoms with Gasteiger partial charge in [-0.2, -0.15) is 0 Å². The zero-order chi connectivity index (χ0) is 73.8. The molecule has 18 rings (SSSR count). The Hall–Kier alpha value is -8.37. The summed E-state index contributed by atoms with van der Waals surface area (Å²) in [7, 11) is 0. The van der Waals surface area contributed by atoms with E-state index in [0.717, 1.165) is 139 Å². The van der Waals surface area contributed by atoms with Crippen molar-refractivity contribution in [2.24, 2.45) is 16.2 Å². The van der Waals surface area contributed by atoms with Gasteiger partial charge in [0.05, 0.1) is 82.6 Å². The van der Waals surface area contributed by atoms with Crippen molar-refractivity contribution in [1.82, 2.24) is 74.5 Å². The van der Waals surface area contributed by atoms with Crippen LogP contribution in [0, 0.1) is 16.2 Å². The Labute approximate surface area is 635 Å². The van der Waals surface area contributed by atoms with Crippen molar-refractivity contribution in [3.63, 3.8) is 0 Å². The zero-order valence-electron chi connectivity index (χ0n) is 58.8. The van der Waals surface area contributed by atoms with E-state index >= 15 is 0 Å². The lowest BCUT2D eigenvalue weighted by Crippen LogP contribution is -2.38. The lowest BCUT2D eigenvalue weighted by Gasteiger charge is -2.27. The Morgan fingerprint density at radius 1 is 0.443 bits per heavy atom. The molecule has 3 aliphatic heterocycles. The largest absolute Gasteiger partial charge is 0.390 e. The average molecular weight is 1630 g/mol. The molecule has 0 unspecified atom stereocenters. The van der Waals surface area contributed by atoms with Crippen LogP contribution in [-0.4, -0.2) is 165 Å². The monoisotopic (exact) mass is 1630 g/mol. The molecule has 3 aromatic carbocycles. The summed E-state index contributed by atoms with van der Waals surface area (Å²) in [6.45, 7) is 11.6. The molecule has 27 nitrogen and oxygen atoms in total. The minimum atomic E-state index is -0.895. The van der Waals surface area contributed by atoms with Crippen LogP contribution in [-0.2, 0) is 0 Å². The predicted octanol–water partition coefficient (Wildman–Crippen LogP) is 9.82. The number of aliphatic hydroxyl groups excluding tert-OH is 6. The van der Waals surface area contributed by atoms with Crippen LogP contribution in [0.15, 0.2) is 142 Å². The van der Waals surface area contributed by atoms with E-state index in [4.69, 9.17) is 17.2 Å². The highest BCUT2D eigenvalue weighted by atomic mass is 79.9. The normalized spacial score (nSPS) is 28.4. The van der Waals surface area contributed by atoms with Crippen LogP contribution < -0.4 is 49.1 Å². The van der Waals surface area contributed by atoms with Crippen LogP contribution in [0.4, 0.5) is 34.9 Å². The molecule has 3 aliphatic carbocycles. The standard InChI is InChI=1S/C26H30BrN7O2.2C25H28BrN7O2/c1-13(2)32-24-16-5-6-34(25(16)31-12-30-24)20-10-26(22(36)21(20)35)9-19(29-11-26)15-4-3-14-7-17(27)23(28)33-18(14)8-15;2*1-2-28-23-15-5-6-33(24(15)31-12-30-23)19-10-25(21(35)20(19)34)9-18(29-11-25)14-4-3-13-7-16(26)22(27)32-17(13)8-14/h3-8,12-13,19-22,29,35-36H,9-11H2,1-2H3,(H2,28,33)(H,30,31,32);2*3-8,12,18-21,29,34-35H,2,9-11H2,1H3,(H2,27,32)(H,28,30,31)/t19-,20-,21+,22+,26+;18-,19+,20-,21-,25-;18-,19-,20+,21+,25+/m101/s1. The third kappa shape index (κ3) is 12.7. The van der Waals surface area contributed by atoms with Gasteiger partial charge in [0.25, 0.3) is 0 Å². The second kappa shape index (κ2) is 28.3. The fourth-order valence-electron chi connectivity index (χ4n) is 17.9. The number of nitrogens with zero attached hydrogens (tertiary/aromatic N) is 12. The van der Waals surface area contributed by atoms with Gasteiger partial charge in [0.1, 0.15) is 89.1 Å². The van der Waals surface area contributed by atoms with E-state index in [9.17, 15) is 30.6 Å². The molecular formula is C76H86Br3N21O6. The summed E-state index contributed by atoms with van der Waals surface area (Å²) in [4.78, 5) is 40.1. The van der Waals surface area contributed by atoms with Gasteiger partial charge in [0.2, 0.25) is 0 Å². The lowest BCUT2D eigenvalue weighted by atomic mass is 9.80. The first-order valence-corrected chi connectivity index (χ1v) is 38.5. The predicted molar refractivity (Wildman–Crippen MR) is 422 cm³/mol. The molecule has 3 saturated heterocycles. The zero-order valence-corrected chi connectivity index (χ0v) is 63.6. The molecule has 6 aliphatic rings. The molecule has 0 bridgehead atoms. The SMILES string of the molecule is CC(C)Nc1ncnc2c1ccn2[C@@H]1C[C@@]2(CN[C@@H](c3ccc4cc(Br)c(N)nc4c3)C2)[C@@H](O)[C@H]1O.CCNc1ncnc2c1ccn2[C@@H]1C[C@@]2(CN[C@@H](c3ccc4cc(Br)c(N)nc4c3)C2)[C@@H](O)[C@H]1O.CCNc1ncnc2c1ccn2[C@@H]1C[C@@]2(CN[C@H](c3ccc4cc(Br)c(N)nc4c3)C2)[C@@H](O)[C@H]1O. The first kappa shape index (κ1) is 71.9. The molecule has 12 heterocycles. The molecule has 15 atom stereocenters. The van der Waals surface area contributed by atoms with Crippen LogP contribution in [0.1, 0.15) is 119 Å². The number of rotatable bonds is 12. The number of pyridine rings is 3. The molecule has 18 N–H and O–H groups in total. The van der Waals surface area contributed by atoms with E-state index in [2.05, 4.69) is 175 Å². The highest BCUT2D eigenvalue weighted by Crippen LogP contribution is 2.56. The second-order valence-electron chi connectivity index (χ2n) is 30.0. The number of nitrogens with one attached hydrogen (secondary N) is 6. The van der Waals surface area contributed by atoms with E-state index in [1.54, 1.807) is 6.33 Å². The molecule has 3 saturated carbocycles. The Morgan fingerprint density at radius 3 is 1.07 bits per heavy atom. The summed E-state index contributed by atoms with van der Waals surface area (Å²) in [5, 5.41) is 93.7. The van der Waals surface area contributed by atoms with Crippen LogP contribution in [0.25, 0.3) is 65.8 Å². The number of anilines is 6. The molecule has 0 radical (unpaired) electrons. The smallest absolute Gasteiger partial charge is 0.145 e. The number of hydrogen-bond acceptors (Lipinski definition) is 24. The fraction of sp³-hybridized carbons (Fsp3) is 0.408. The van der Waals surface area contributed by atoms with Gasteiger partial charge in [-0.05, 0) is 185 Å². The van der Waals surface area contributed by atoms with Gasteiger partial charge in [-0.15, -0.1) is 0 Å². The van der Waals surface area contributed by atoms with Crippen molar-refractivity contribution in [2.75, 3.05) is 65.9 Å². The van der Waals surface area contributed by atoms with Crippen LogP contribution in [0.3, 0.4) is 0 Å². The number of aliphatic hydroxyl groups is 6. The van der Waals surface area contributed by atoms with E-state index < -0.39 is 52.9 Å². The first-order chi connectivity index (χ1) is 51.0. The summed E-state index contributed by atoms with van der Waals surface area (Å²) in [5.74, 6) is 3.71. The Morgan fingerprint density at radius 2 is 0.755 bits per heavy atom. The third-order valence-corrected chi connectivity index (χ3v) is 25.1. The molecule has 106 heavy (non-hydrogen) atoms. The highest BCUT2D eigenvalue weighted by Gasteiger charge is 2.59. The molecule has 9 aromatic heterocycles. The fourth-order valence-corrected chi connectivity index (χ4v) is 18.9. The summed E-state index contributed by atoms with van der Waals surface area (Å²) in [6.07, 6.45) is 9.33. The van der Waals surface area contributed by atoms with Crippen molar-refractivity contribution in [3.05, 3.63) is 159 Å². The van der Waals surface area contributed by atoms with Gasteiger partial charge in [0.15, 0.2) is 0 Å². The van der Waals surface area contributed by atoms with Crippen LogP contribution in [0.2, 0.25) is 0 Å². The number of aromatic nitrogens is 12. The van der Waals surface area contributed by atoms with E-state index in [1.807, 2.05) is 101 Å². The summed E-state index contributed by atoms with van der Waals surface area (Å²) in [5.41, 5.74) is 24.8. The molecule has 3 spiro atoms. The van der Waals surface area contributed by atoms with E-state index in [1.165, 1.54) is 12.7 Å². The van der Waals surface area contributed by atoms with E-state index in [-0.39, 0.29) is 42.3 Å². The van der Waals surface area contributed by atoms with Crippen molar-refractivity contribution >= 4 is 149 Å². The van der Waals surface area contributed by atoms with Gasteiger partial charge in [-0.1, -0.05) is 36.4 Å². The lowest BCUT2D eigenvalue weighted by molar-refractivity contribution is -0.0218. The number of fused-ring (bicyclic) bond motifs is 6. The third-order valence-electron chi connectivity index (χ3n) is 23.2. The molecule has 0 amide bonds. The Balaban J connectivity index is 0.000000122. The Kier molecular flexibility index (Phi) is 19.2. The maximum absolute atomic E-state index is 11.3. The van der Waals surface area contributed by atoms with Gasteiger partial charge in [0, 0.05) is 108 Å². The Bertz CT molecular complexity index is 5120. The van der Waals surface area contributed by atoms with Crippen molar-refractivity contribution in [3.8, 4) is 0 Å². The molecule has 12 aromatic rings. The minimum absolute atomic E-state index is 0.0484. The quantitative estimate of drug-likeness (QED) is 0.0540. The van der Waals surface area contributed by atoms with Crippen molar-refractivity contribution in [1.29, 1.82) is 0 Å². The second-order valence-corrected chi connectivity index (χ2v) is 32.5. The molecule has 6 fully saturated rings. The molecule has 552 valence electrons. The maximum atomic E-state index is 11.3. The van der Waals surface area contributed by atoms with Crippen molar-refractivity contribution < 1.29 is 30.6 Å². The first-order valence-electron chi connectivity index (χ1n) is 36.1. The van der Waals surface area contributed by atoms with E-state index in [0.29, 0.717) is 62.8 Å².